The Kier molecular flexibility index (Phi) is 7.96. The fourth-order valence-corrected chi connectivity index (χ4v) is 5.14. The number of rotatable bonds is 10. The van der Waals surface area contributed by atoms with E-state index < -0.39 is 27.5 Å². The van der Waals surface area contributed by atoms with E-state index in [1.54, 1.807) is 24.4 Å². The second kappa shape index (κ2) is 11.0. The lowest BCUT2D eigenvalue weighted by molar-refractivity contribution is 0.0969. The number of carbonyl (C=O) groups excluding carboxylic acids is 1. The molecule has 1 atom stereocenters. The number of ketones is 1. The van der Waals surface area contributed by atoms with Gasteiger partial charge in [-0.15, -0.1) is 0 Å². The van der Waals surface area contributed by atoms with Crippen molar-refractivity contribution in [2.24, 2.45) is 0 Å². The summed E-state index contributed by atoms with van der Waals surface area (Å²) in [5.41, 5.74) is 2.44. The number of hydrogen-bond acceptors (Lipinski definition) is 7. The van der Waals surface area contributed by atoms with Crippen molar-refractivity contribution in [2.45, 2.75) is 17.9 Å². The van der Waals surface area contributed by atoms with Crippen molar-refractivity contribution < 1.29 is 32.2 Å². The van der Waals surface area contributed by atoms with Crippen LogP contribution < -0.4 is 14.8 Å². The number of sulfone groups is 1. The van der Waals surface area contributed by atoms with Crippen molar-refractivity contribution in [3.8, 4) is 11.5 Å². The van der Waals surface area contributed by atoms with Gasteiger partial charge in [0.05, 0.1) is 18.6 Å². The van der Waals surface area contributed by atoms with Crippen LogP contribution in [0.1, 0.15) is 27.5 Å². The van der Waals surface area contributed by atoms with Crippen molar-refractivity contribution >= 4 is 43.8 Å². The molecule has 11 heteroatoms. The molecule has 0 aliphatic carbocycles. The molecular formula is C27H26ClFN2O6S. The number of aliphatic hydroxyl groups excluding tert-OH is 1. The van der Waals surface area contributed by atoms with E-state index in [2.05, 4.69) is 10.3 Å². The molecule has 1 aromatic heterocycles. The van der Waals surface area contributed by atoms with E-state index in [4.69, 9.17) is 21.1 Å². The monoisotopic (exact) mass is 560 g/mol. The molecule has 0 bridgehead atoms. The van der Waals surface area contributed by atoms with E-state index in [9.17, 15) is 22.7 Å². The Hall–Kier alpha value is -3.60. The molecule has 38 heavy (non-hydrogen) atoms. The molecule has 4 rings (SSSR count). The Bertz CT molecular complexity index is 1620. The Balaban J connectivity index is 1.90. The van der Waals surface area contributed by atoms with Crippen molar-refractivity contribution in [1.82, 2.24) is 4.98 Å². The summed E-state index contributed by atoms with van der Waals surface area (Å²) in [5.74, 6) is -0.706. The summed E-state index contributed by atoms with van der Waals surface area (Å²) in [6, 6.07) is 10.3. The number of aliphatic hydroxyl groups is 1. The minimum atomic E-state index is -3.61. The van der Waals surface area contributed by atoms with Gasteiger partial charge in [-0.25, -0.2) is 12.8 Å². The van der Waals surface area contributed by atoms with Crippen LogP contribution in [-0.4, -0.2) is 50.9 Å². The number of hydrogen-bond donors (Lipinski definition) is 3. The minimum absolute atomic E-state index is 0.0177. The van der Waals surface area contributed by atoms with Gasteiger partial charge in [0.15, 0.2) is 15.6 Å². The smallest absolute Gasteiger partial charge is 0.191 e. The van der Waals surface area contributed by atoms with E-state index in [1.807, 2.05) is 6.92 Å². The molecule has 0 spiro atoms. The third-order valence-electron chi connectivity index (χ3n) is 5.97. The van der Waals surface area contributed by atoms with Gasteiger partial charge in [-0.1, -0.05) is 11.6 Å². The number of methoxy groups -OCH3 is 1. The average molecular weight is 561 g/mol. The van der Waals surface area contributed by atoms with E-state index in [-0.39, 0.29) is 40.9 Å². The summed E-state index contributed by atoms with van der Waals surface area (Å²) in [4.78, 5) is 17.2. The highest BCUT2D eigenvalue weighted by atomic mass is 35.5. The zero-order valence-corrected chi connectivity index (χ0v) is 22.4. The molecular weight excluding hydrogens is 535 g/mol. The van der Waals surface area contributed by atoms with Crippen LogP contribution in [0, 0.1) is 12.7 Å². The van der Waals surface area contributed by atoms with E-state index in [0.29, 0.717) is 16.0 Å². The van der Waals surface area contributed by atoms with Gasteiger partial charge in [-0.3, -0.25) is 4.79 Å². The molecule has 0 aliphatic rings. The maximum Gasteiger partial charge on any atom is 0.191 e. The number of halogens is 2. The second-order valence-electron chi connectivity index (χ2n) is 8.71. The number of fused-ring (bicyclic) bond motifs is 1. The Morgan fingerprint density at radius 2 is 1.95 bits per heavy atom. The highest BCUT2D eigenvalue weighted by Crippen LogP contribution is 2.36. The number of aromatic amines is 1. The van der Waals surface area contributed by atoms with Gasteiger partial charge in [0.2, 0.25) is 0 Å². The first-order valence-corrected chi connectivity index (χ1v) is 13.8. The first-order valence-electron chi connectivity index (χ1n) is 11.5. The maximum absolute atomic E-state index is 14.2. The van der Waals surface area contributed by atoms with Crippen LogP contribution in [0.4, 0.5) is 10.1 Å². The molecule has 8 nitrogen and oxygen atoms in total. The van der Waals surface area contributed by atoms with Crippen molar-refractivity contribution in [1.29, 1.82) is 0 Å². The molecule has 0 aliphatic heterocycles. The normalized spacial score (nSPS) is 12.4. The summed E-state index contributed by atoms with van der Waals surface area (Å²) in [6.45, 7) is 1.41. The number of benzene rings is 3. The van der Waals surface area contributed by atoms with Gasteiger partial charge in [-0.2, -0.15) is 0 Å². The topological polar surface area (TPSA) is 118 Å². The van der Waals surface area contributed by atoms with Crippen LogP contribution in [0.2, 0.25) is 5.02 Å². The van der Waals surface area contributed by atoms with Gasteiger partial charge in [0.1, 0.15) is 30.0 Å². The third-order valence-corrected chi connectivity index (χ3v) is 7.28. The van der Waals surface area contributed by atoms with Crippen molar-refractivity contribution in [3.05, 3.63) is 82.3 Å². The predicted molar refractivity (Wildman–Crippen MR) is 144 cm³/mol. The van der Waals surface area contributed by atoms with E-state index >= 15 is 0 Å². The van der Waals surface area contributed by atoms with Gasteiger partial charge in [-0.05, 0) is 48.9 Å². The van der Waals surface area contributed by atoms with E-state index in [0.717, 1.165) is 23.4 Å². The van der Waals surface area contributed by atoms with Crippen LogP contribution >= 0.6 is 11.6 Å². The molecule has 0 radical (unpaired) electrons. The van der Waals surface area contributed by atoms with Gasteiger partial charge in [0.25, 0.3) is 0 Å². The second-order valence-corrected chi connectivity index (χ2v) is 11.2. The molecule has 3 N–H and O–H groups in total. The maximum atomic E-state index is 14.2. The van der Waals surface area contributed by atoms with Gasteiger partial charge < -0.3 is 24.9 Å². The summed E-state index contributed by atoms with van der Waals surface area (Å²) < 4.78 is 49.6. The van der Waals surface area contributed by atoms with Crippen LogP contribution in [0.3, 0.4) is 0 Å². The summed E-state index contributed by atoms with van der Waals surface area (Å²) in [5, 5.41) is 13.4. The highest BCUT2D eigenvalue weighted by molar-refractivity contribution is 7.90. The van der Waals surface area contributed by atoms with Crippen molar-refractivity contribution in [3.63, 3.8) is 0 Å². The lowest BCUT2D eigenvalue weighted by Gasteiger charge is -2.23. The minimum Gasteiger partial charge on any atom is -0.497 e. The van der Waals surface area contributed by atoms with Crippen LogP contribution in [-0.2, 0) is 9.84 Å². The predicted octanol–water partition coefficient (Wildman–Crippen LogP) is 5.09. The number of aromatic nitrogens is 1. The number of Topliss-reactive ketones (excluding diaryl/α,β-unsaturated/α-hetero) is 1. The zero-order valence-electron chi connectivity index (χ0n) is 20.8. The fourth-order valence-electron chi connectivity index (χ4n) is 4.19. The number of anilines is 1. The molecule has 0 saturated carbocycles. The van der Waals surface area contributed by atoms with Crippen LogP contribution in [0.15, 0.2) is 59.6 Å². The summed E-state index contributed by atoms with van der Waals surface area (Å²) in [7, 11) is -2.22. The zero-order chi connectivity index (χ0) is 27.6. The fraction of sp³-hybridized carbons (Fsp3) is 0.222. The lowest BCUT2D eigenvalue weighted by Crippen LogP contribution is -2.22. The SMILES string of the molecule is COc1cc(NC(C(=O)c2c[nH]c3c(C)cc(Cl)cc23)c2ccc(F)cc2OCCO)cc(S(C)(=O)=O)c1. The molecule has 1 unspecified atom stereocenters. The van der Waals surface area contributed by atoms with Crippen molar-refractivity contribution in [2.75, 3.05) is 31.9 Å². The molecule has 0 saturated heterocycles. The Morgan fingerprint density at radius 3 is 2.63 bits per heavy atom. The number of aryl methyl sites for hydroxylation is 1. The Labute approximate surface area is 224 Å². The lowest BCUT2D eigenvalue weighted by atomic mass is 9.95. The largest absolute Gasteiger partial charge is 0.497 e. The third kappa shape index (κ3) is 5.77. The highest BCUT2D eigenvalue weighted by Gasteiger charge is 2.29. The molecule has 1 heterocycles. The van der Waals surface area contributed by atoms with Crippen LogP contribution in [0.5, 0.6) is 11.5 Å². The number of ether oxygens (including phenoxy) is 2. The molecule has 3 aromatic carbocycles. The van der Waals surface area contributed by atoms with E-state index in [1.165, 1.54) is 31.4 Å². The number of carbonyl (C=O) groups is 1. The first kappa shape index (κ1) is 27.4. The molecule has 4 aromatic rings. The molecule has 0 amide bonds. The Morgan fingerprint density at radius 1 is 1.18 bits per heavy atom. The number of nitrogens with one attached hydrogen (secondary N) is 2. The number of H-pyrrole nitrogens is 1. The van der Waals surface area contributed by atoms with Gasteiger partial charge >= 0.3 is 0 Å². The van der Waals surface area contributed by atoms with Gasteiger partial charge in [0, 0.05) is 57.3 Å². The average Bonchev–Trinajstić information content (AvgIpc) is 3.29. The van der Waals surface area contributed by atoms with Crippen LogP contribution in [0.25, 0.3) is 10.9 Å². The molecule has 0 fully saturated rings. The first-order chi connectivity index (χ1) is 18.0. The standard InChI is InChI=1S/C27H26ClFN2O6S/c1-15-8-16(28)9-22-23(14-30-25(15)22)27(33)26(21-5-4-17(29)10-24(21)37-7-6-32)31-18-11-19(36-2)13-20(12-18)38(3,34)35/h4-5,8-14,26,30-32H,6-7H2,1-3H3. The summed E-state index contributed by atoms with van der Waals surface area (Å²) >= 11 is 6.28. The quantitative estimate of drug-likeness (QED) is 0.231. The summed E-state index contributed by atoms with van der Waals surface area (Å²) in [6.07, 6.45) is 2.63. The molecule has 200 valence electrons.